The van der Waals surface area contributed by atoms with Crippen LogP contribution in [0.15, 0.2) is 47.1 Å². The lowest BCUT2D eigenvalue weighted by atomic mass is 9.69. The standard InChI is InChI=1S/C26H35FO3/c1-9-29-22-15-20(25(28)30-16(2)3)12-13-21(22)24(27)19(6)18(5)23-17(4)11-10-14-26(23,7)8/h12-13,15-16H,5,9-11,14H2,1-4,6-8H3. The molecule has 0 unspecified atom stereocenters. The molecule has 1 aromatic rings. The Balaban J connectivity index is 2.49. The summed E-state index contributed by atoms with van der Waals surface area (Å²) in [5.74, 6) is -0.504. The lowest BCUT2D eigenvalue weighted by Crippen LogP contribution is -2.22. The van der Waals surface area contributed by atoms with Crippen molar-refractivity contribution in [3.05, 3.63) is 58.2 Å². The molecule has 0 heterocycles. The molecule has 1 aromatic carbocycles. The Hall–Kier alpha value is -2.36. The smallest absolute Gasteiger partial charge is 0.338 e. The van der Waals surface area contributed by atoms with Gasteiger partial charge in [0.25, 0.3) is 0 Å². The number of hydrogen-bond donors (Lipinski definition) is 0. The predicted octanol–water partition coefficient (Wildman–Crippen LogP) is 7.43. The van der Waals surface area contributed by atoms with Gasteiger partial charge in [-0.1, -0.05) is 26.0 Å². The molecule has 0 aromatic heterocycles. The first-order valence-corrected chi connectivity index (χ1v) is 10.7. The summed E-state index contributed by atoms with van der Waals surface area (Å²) in [7, 11) is 0. The van der Waals surface area contributed by atoms with E-state index < -0.39 is 5.97 Å². The van der Waals surface area contributed by atoms with Crippen LogP contribution in [0.4, 0.5) is 4.39 Å². The Kier molecular flexibility index (Phi) is 7.68. The third-order valence-electron chi connectivity index (χ3n) is 5.64. The van der Waals surface area contributed by atoms with Crippen molar-refractivity contribution in [1.29, 1.82) is 0 Å². The lowest BCUT2D eigenvalue weighted by Gasteiger charge is -2.36. The van der Waals surface area contributed by atoms with Crippen molar-refractivity contribution < 1.29 is 18.7 Å². The number of halogens is 1. The zero-order valence-electron chi connectivity index (χ0n) is 19.4. The monoisotopic (exact) mass is 414 g/mol. The summed E-state index contributed by atoms with van der Waals surface area (Å²) in [6.45, 7) is 18.3. The van der Waals surface area contributed by atoms with Gasteiger partial charge in [0, 0.05) is 0 Å². The molecular formula is C26H35FO3. The van der Waals surface area contributed by atoms with Crippen LogP contribution in [-0.2, 0) is 4.74 Å². The summed E-state index contributed by atoms with van der Waals surface area (Å²) in [6, 6.07) is 4.71. The van der Waals surface area contributed by atoms with E-state index in [2.05, 4.69) is 27.4 Å². The maximum absolute atomic E-state index is 15.6. The summed E-state index contributed by atoms with van der Waals surface area (Å²) < 4.78 is 26.6. The summed E-state index contributed by atoms with van der Waals surface area (Å²) >= 11 is 0. The highest BCUT2D eigenvalue weighted by atomic mass is 19.1. The van der Waals surface area contributed by atoms with E-state index in [-0.39, 0.29) is 17.3 Å². The zero-order chi connectivity index (χ0) is 22.6. The number of hydrogen-bond acceptors (Lipinski definition) is 3. The number of ether oxygens (including phenoxy) is 2. The van der Waals surface area contributed by atoms with Crippen molar-refractivity contribution in [3.8, 4) is 5.75 Å². The van der Waals surface area contributed by atoms with E-state index in [0.29, 0.717) is 29.1 Å². The van der Waals surface area contributed by atoms with Crippen LogP contribution in [0.2, 0.25) is 0 Å². The molecule has 4 heteroatoms. The molecule has 0 atom stereocenters. The molecule has 1 aliphatic carbocycles. The SMILES string of the molecule is C=C(C(C)=C(F)c1ccc(C(=O)OC(C)C)cc1OCC)C1=C(C)CCCC1(C)C. The molecule has 0 bridgehead atoms. The molecule has 0 N–H and O–H groups in total. The van der Waals surface area contributed by atoms with Crippen LogP contribution in [0.3, 0.4) is 0 Å². The number of esters is 1. The summed E-state index contributed by atoms with van der Waals surface area (Å²) in [6.07, 6.45) is 2.99. The molecule has 30 heavy (non-hydrogen) atoms. The van der Waals surface area contributed by atoms with Gasteiger partial charge in [-0.3, -0.25) is 0 Å². The minimum atomic E-state index is -0.451. The fraction of sp³-hybridized carbons (Fsp3) is 0.500. The summed E-state index contributed by atoms with van der Waals surface area (Å²) in [5, 5.41) is 0. The van der Waals surface area contributed by atoms with Crippen LogP contribution in [-0.4, -0.2) is 18.7 Å². The van der Waals surface area contributed by atoms with Gasteiger partial charge >= 0.3 is 5.97 Å². The van der Waals surface area contributed by atoms with Crippen molar-refractivity contribution in [2.24, 2.45) is 5.41 Å². The zero-order valence-corrected chi connectivity index (χ0v) is 19.4. The Morgan fingerprint density at radius 2 is 1.97 bits per heavy atom. The Bertz CT molecular complexity index is 888. The minimum absolute atomic E-state index is 0.0336. The molecule has 0 saturated carbocycles. The van der Waals surface area contributed by atoms with E-state index >= 15 is 4.39 Å². The number of carbonyl (C=O) groups excluding carboxylic acids is 1. The van der Waals surface area contributed by atoms with Gasteiger partial charge in [-0.25, -0.2) is 9.18 Å². The lowest BCUT2D eigenvalue weighted by molar-refractivity contribution is 0.0377. The average Bonchev–Trinajstić information content (AvgIpc) is 2.65. The molecule has 0 fully saturated rings. The maximum Gasteiger partial charge on any atom is 0.338 e. The highest BCUT2D eigenvalue weighted by Gasteiger charge is 2.31. The van der Waals surface area contributed by atoms with Gasteiger partial charge in [0.05, 0.1) is 23.8 Å². The Labute approximate surface area is 180 Å². The van der Waals surface area contributed by atoms with Crippen LogP contribution >= 0.6 is 0 Å². The second-order valence-electron chi connectivity index (χ2n) is 8.91. The second kappa shape index (κ2) is 9.63. The molecule has 0 spiro atoms. The number of carbonyl (C=O) groups is 1. The van der Waals surface area contributed by atoms with Gasteiger partial charge in [0.15, 0.2) is 0 Å². The van der Waals surface area contributed by atoms with Crippen LogP contribution in [0, 0.1) is 5.41 Å². The van der Waals surface area contributed by atoms with Crippen molar-refractivity contribution in [3.63, 3.8) is 0 Å². The summed E-state index contributed by atoms with van der Waals surface area (Å²) in [5.41, 5.74) is 4.29. The van der Waals surface area contributed by atoms with Crippen LogP contribution in [0.5, 0.6) is 5.75 Å². The first-order valence-electron chi connectivity index (χ1n) is 10.7. The van der Waals surface area contributed by atoms with Crippen LogP contribution in [0.1, 0.15) is 83.7 Å². The fourth-order valence-electron chi connectivity index (χ4n) is 4.20. The third kappa shape index (κ3) is 5.21. The number of allylic oxidation sites excluding steroid dienone is 4. The fourth-order valence-corrected chi connectivity index (χ4v) is 4.20. The molecule has 3 nitrogen and oxygen atoms in total. The molecule has 164 valence electrons. The van der Waals surface area contributed by atoms with E-state index in [1.165, 1.54) is 5.57 Å². The van der Waals surface area contributed by atoms with E-state index in [0.717, 1.165) is 30.4 Å². The summed E-state index contributed by atoms with van der Waals surface area (Å²) in [4.78, 5) is 12.2. The molecule has 1 aliphatic rings. The first kappa shape index (κ1) is 23.9. The second-order valence-corrected chi connectivity index (χ2v) is 8.91. The van der Waals surface area contributed by atoms with E-state index in [4.69, 9.17) is 9.47 Å². The molecule has 0 saturated heterocycles. The first-order chi connectivity index (χ1) is 14.0. The van der Waals surface area contributed by atoms with E-state index in [9.17, 15) is 4.79 Å². The molecule has 2 rings (SSSR count). The number of benzene rings is 1. The Morgan fingerprint density at radius 1 is 1.30 bits per heavy atom. The van der Waals surface area contributed by atoms with Gasteiger partial charge in [-0.05, 0) is 94.2 Å². The maximum atomic E-state index is 15.6. The highest BCUT2D eigenvalue weighted by molar-refractivity contribution is 5.91. The van der Waals surface area contributed by atoms with Gasteiger partial charge in [0.2, 0.25) is 0 Å². The van der Waals surface area contributed by atoms with E-state index in [1.54, 1.807) is 39.0 Å². The predicted molar refractivity (Wildman–Crippen MR) is 121 cm³/mol. The Morgan fingerprint density at radius 3 is 2.53 bits per heavy atom. The van der Waals surface area contributed by atoms with Crippen molar-refractivity contribution >= 4 is 11.8 Å². The normalized spacial score (nSPS) is 17.0. The number of rotatable bonds is 7. The van der Waals surface area contributed by atoms with Gasteiger partial charge < -0.3 is 9.47 Å². The van der Waals surface area contributed by atoms with Gasteiger partial charge in [-0.2, -0.15) is 0 Å². The largest absolute Gasteiger partial charge is 0.493 e. The molecule has 0 radical (unpaired) electrons. The third-order valence-corrected chi connectivity index (χ3v) is 5.64. The van der Waals surface area contributed by atoms with Crippen LogP contribution in [0.25, 0.3) is 5.83 Å². The average molecular weight is 415 g/mol. The van der Waals surface area contributed by atoms with Gasteiger partial charge in [0.1, 0.15) is 11.6 Å². The highest BCUT2D eigenvalue weighted by Crippen LogP contribution is 2.46. The molecule has 0 aliphatic heterocycles. The molecule has 0 amide bonds. The van der Waals surface area contributed by atoms with Gasteiger partial charge in [-0.15, -0.1) is 0 Å². The topological polar surface area (TPSA) is 35.5 Å². The van der Waals surface area contributed by atoms with Crippen molar-refractivity contribution in [2.45, 2.75) is 73.8 Å². The van der Waals surface area contributed by atoms with Crippen molar-refractivity contribution in [2.75, 3.05) is 6.61 Å². The van der Waals surface area contributed by atoms with Crippen LogP contribution < -0.4 is 4.74 Å². The quantitative estimate of drug-likeness (QED) is 0.344. The minimum Gasteiger partial charge on any atom is -0.493 e. The van der Waals surface area contributed by atoms with E-state index in [1.807, 2.05) is 6.92 Å². The molecular weight excluding hydrogens is 379 g/mol. The van der Waals surface area contributed by atoms with Crippen molar-refractivity contribution in [1.82, 2.24) is 0 Å².